The van der Waals surface area contributed by atoms with Crippen LogP contribution in [-0.4, -0.2) is 5.78 Å². The molecule has 0 aliphatic heterocycles. The lowest BCUT2D eigenvalue weighted by Gasteiger charge is -2.03. The van der Waals surface area contributed by atoms with Crippen LogP contribution in [-0.2, 0) is 4.79 Å². The zero-order valence-corrected chi connectivity index (χ0v) is 16.8. The second kappa shape index (κ2) is 16.4. The van der Waals surface area contributed by atoms with Crippen molar-refractivity contribution in [3.63, 3.8) is 0 Å². The van der Waals surface area contributed by atoms with E-state index < -0.39 is 0 Å². The molecule has 0 amide bonds. The van der Waals surface area contributed by atoms with E-state index >= 15 is 0 Å². The molecule has 0 fully saturated rings. The first kappa shape index (κ1) is 24.8. The first-order valence-electron chi connectivity index (χ1n) is 9.34. The Kier molecular flexibility index (Phi) is 17.0. The molecule has 0 aliphatic rings. The Balaban J connectivity index is 0. The van der Waals surface area contributed by atoms with E-state index in [-0.39, 0.29) is 11.6 Å². The standard InChI is InChI=1S/C12H22O.C8H9F.C2H6/c1-4-6-7-8-11(3)9-10-12(13)5-2;1-6-3-4-8(9)7(2)5-6;1-2/h9-11H,4-8H2,1-3H3;3-5H,1-2H3;1-2H3/b10-9-;;. The zero-order chi connectivity index (χ0) is 19.0. The molecule has 1 aromatic carbocycles. The lowest BCUT2D eigenvalue weighted by Crippen LogP contribution is -1.93. The van der Waals surface area contributed by atoms with E-state index in [1.165, 1.54) is 31.7 Å². The Labute approximate surface area is 149 Å². The monoisotopic (exact) mass is 336 g/mol. The Morgan fingerprint density at radius 3 is 2.25 bits per heavy atom. The largest absolute Gasteiger partial charge is 0.295 e. The van der Waals surface area contributed by atoms with Gasteiger partial charge in [0.15, 0.2) is 5.78 Å². The van der Waals surface area contributed by atoms with Gasteiger partial charge >= 0.3 is 0 Å². The normalized spacial score (nSPS) is 11.2. The van der Waals surface area contributed by atoms with Crippen LogP contribution in [0.25, 0.3) is 0 Å². The Hall–Kier alpha value is -1.44. The highest BCUT2D eigenvalue weighted by Crippen LogP contribution is 2.10. The highest BCUT2D eigenvalue weighted by atomic mass is 19.1. The van der Waals surface area contributed by atoms with Crippen molar-refractivity contribution >= 4 is 5.78 Å². The second-order valence-corrected chi connectivity index (χ2v) is 5.90. The van der Waals surface area contributed by atoms with Crippen molar-refractivity contribution in [3.8, 4) is 0 Å². The molecule has 0 aliphatic carbocycles. The molecular formula is C22H37FO. The Morgan fingerprint density at radius 1 is 1.17 bits per heavy atom. The summed E-state index contributed by atoms with van der Waals surface area (Å²) in [6.07, 6.45) is 9.46. The highest BCUT2D eigenvalue weighted by molar-refractivity contribution is 5.89. The number of hydrogen-bond acceptors (Lipinski definition) is 1. The lowest BCUT2D eigenvalue weighted by atomic mass is 10.0. The molecule has 1 aromatic rings. The number of benzene rings is 1. The molecule has 0 saturated carbocycles. The molecule has 0 spiro atoms. The van der Waals surface area contributed by atoms with Crippen LogP contribution in [0.15, 0.2) is 30.4 Å². The third-order valence-corrected chi connectivity index (χ3v) is 3.54. The molecule has 0 aromatic heterocycles. The predicted molar refractivity (Wildman–Crippen MR) is 105 cm³/mol. The number of carbonyl (C=O) groups excluding carboxylic acids is 1. The van der Waals surface area contributed by atoms with Crippen molar-refractivity contribution in [1.82, 2.24) is 0 Å². The van der Waals surface area contributed by atoms with Gasteiger partial charge in [-0.05, 0) is 43.9 Å². The summed E-state index contributed by atoms with van der Waals surface area (Å²) in [5.41, 5.74) is 1.82. The number of unbranched alkanes of at least 4 members (excludes halogenated alkanes) is 2. The number of ketones is 1. The van der Waals surface area contributed by atoms with Gasteiger partial charge in [-0.15, -0.1) is 0 Å². The molecule has 0 radical (unpaired) electrons. The van der Waals surface area contributed by atoms with Crippen LogP contribution in [0.5, 0.6) is 0 Å². The summed E-state index contributed by atoms with van der Waals surface area (Å²) in [6.45, 7) is 14.0. The maximum absolute atomic E-state index is 12.5. The minimum Gasteiger partial charge on any atom is -0.295 e. The second-order valence-electron chi connectivity index (χ2n) is 5.90. The van der Waals surface area contributed by atoms with Crippen LogP contribution in [0.2, 0.25) is 0 Å². The van der Waals surface area contributed by atoms with Crippen LogP contribution in [0.3, 0.4) is 0 Å². The topological polar surface area (TPSA) is 17.1 Å². The van der Waals surface area contributed by atoms with Gasteiger partial charge in [0.2, 0.25) is 0 Å². The molecule has 0 N–H and O–H groups in total. The molecule has 24 heavy (non-hydrogen) atoms. The number of allylic oxidation sites excluding steroid dienone is 2. The van der Waals surface area contributed by atoms with E-state index in [0.29, 0.717) is 12.3 Å². The molecule has 1 unspecified atom stereocenters. The van der Waals surface area contributed by atoms with E-state index in [0.717, 1.165) is 11.1 Å². The minimum atomic E-state index is -0.124. The first-order chi connectivity index (χ1) is 11.4. The van der Waals surface area contributed by atoms with Crippen LogP contribution >= 0.6 is 0 Å². The summed E-state index contributed by atoms with van der Waals surface area (Å²) in [5, 5.41) is 0. The zero-order valence-electron chi connectivity index (χ0n) is 16.8. The fraction of sp³-hybridized carbons (Fsp3) is 0.591. The van der Waals surface area contributed by atoms with E-state index in [2.05, 4.69) is 13.8 Å². The van der Waals surface area contributed by atoms with E-state index in [1.54, 1.807) is 19.1 Å². The fourth-order valence-corrected chi connectivity index (χ4v) is 2.00. The van der Waals surface area contributed by atoms with Gasteiger partial charge in [0.1, 0.15) is 5.82 Å². The Morgan fingerprint density at radius 2 is 1.79 bits per heavy atom. The van der Waals surface area contributed by atoms with Crippen LogP contribution < -0.4 is 0 Å². The van der Waals surface area contributed by atoms with Gasteiger partial charge in [0.05, 0.1) is 0 Å². The Bertz CT molecular complexity index is 463. The molecule has 0 bridgehead atoms. The minimum absolute atomic E-state index is 0.124. The summed E-state index contributed by atoms with van der Waals surface area (Å²) in [4.78, 5) is 11.0. The van der Waals surface area contributed by atoms with Crippen LogP contribution in [0, 0.1) is 25.6 Å². The van der Waals surface area contributed by atoms with E-state index in [4.69, 9.17) is 0 Å². The number of carbonyl (C=O) groups is 1. The lowest BCUT2D eigenvalue weighted by molar-refractivity contribution is -0.114. The third kappa shape index (κ3) is 14.2. The molecule has 138 valence electrons. The molecule has 1 nitrogen and oxygen atoms in total. The molecule has 2 heteroatoms. The van der Waals surface area contributed by atoms with Crippen molar-refractivity contribution in [2.45, 2.75) is 80.6 Å². The smallest absolute Gasteiger partial charge is 0.155 e. The van der Waals surface area contributed by atoms with Gasteiger partial charge in [-0.2, -0.15) is 0 Å². The van der Waals surface area contributed by atoms with Crippen LogP contribution in [0.4, 0.5) is 4.39 Å². The van der Waals surface area contributed by atoms with Crippen molar-refractivity contribution in [2.24, 2.45) is 5.92 Å². The van der Waals surface area contributed by atoms with Gasteiger partial charge < -0.3 is 0 Å². The number of hydrogen-bond donors (Lipinski definition) is 0. The average molecular weight is 337 g/mol. The first-order valence-corrected chi connectivity index (χ1v) is 9.34. The van der Waals surface area contributed by atoms with E-state index in [1.807, 2.05) is 39.8 Å². The fourth-order valence-electron chi connectivity index (χ4n) is 2.00. The molecule has 1 rings (SSSR count). The summed E-state index contributed by atoms with van der Waals surface area (Å²) in [6, 6.07) is 5.09. The maximum atomic E-state index is 12.5. The van der Waals surface area contributed by atoms with Gasteiger partial charge in [-0.1, -0.05) is 77.7 Å². The maximum Gasteiger partial charge on any atom is 0.155 e. The number of rotatable bonds is 7. The number of aryl methyl sites for hydroxylation is 2. The van der Waals surface area contributed by atoms with Gasteiger partial charge in [0.25, 0.3) is 0 Å². The van der Waals surface area contributed by atoms with Crippen molar-refractivity contribution in [2.75, 3.05) is 0 Å². The van der Waals surface area contributed by atoms with Gasteiger partial charge in [-0.3, -0.25) is 4.79 Å². The summed E-state index contributed by atoms with van der Waals surface area (Å²) in [5.74, 6) is 0.671. The third-order valence-electron chi connectivity index (χ3n) is 3.54. The molecule has 0 saturated heterocycles. The highest BCUT2D eigenvalue weighted by Gasteiger charge is 1.97. The predicted octanol–water partition coefficient (Wildman–Crippen LogP) is 7.21. The van der Waals surface area contributed by atoms with Crippen molar-refractivity contribution < 1.29 is 9.18 Å². The van der Waals surface area contributed by atoms with Gasteiger partial charge in [0, 0.05) is 6.42 Å². The van der Waals surface area contributed by atoms with Gasteiger partial charge in [-0.25, -0.2) is 4.39 Å². The quantitative estimate of drug-likeness (QED) is 0.380. The summed E-state index contributed by atoms with van der Waals surface area (Å²) < 4.78 is 12.5. The van der Waals surface area contributed by atoms with E-state index in [9.17, 15) is 9.18 Å². The molecular weight excluding hydrogens is 299 g/mol. The molecule has 0 heterocycles. The van der Waals surface area contributed by atoms with Crippen LogP contribution in [0.1, 0.15) is 77.8 Å². The number of halogens is 1. The van der Waals surface area contributed by atoms with Crippen molar-refractivity contribution in [1.29, 1.82) is 0 Å². The SMILES string of the molecule is CC.CCCCCC(C)/C=C\C(=O)CC.Cc1ccc(F)c(C)c1. The average Bonchev–Trinajstić information content (AvgIpc) is 2.59. The van der Waals surface area contributed by atoms with Crippen molar-refractivity contribution in [3.05, 3.63) is 47.3 Å². The molecule has 1 atom stereocenters. The summed E-state index contributed by atoms with van der Waals surface area (Å²) >= 11 is 0. The summed E-state index contributed by atoms with van der Waals surface area (Å²) in [7, 11) is 0.